The van der Waals surface area contributed by atoms with Crippen LogP contribution in [0.3, 0.4) is 0 Å². The van der Waals surface area contributed by atoms with E-state index in [9.17, 15) is 10.2 Å². The van der Waals surface area contributed by atoms with Crippen LogP contribution >= 0.6 is 0 Å². The van der Waals surface area contributed by atoms with Gasteiger partial charge in [-0.2, -0.15) is 0 Å². The third-order valence-corrected chi connectivity index (χ3v) is 6.79. The third kappa shape index (κ3) is 1.89. The molecule has 0 amide bonds. The summed E-state index contributed by atoms with van der Waals surface area (Å²) in [7, 11) is 0. The van der Waals surface area contributed by atoms with Gasteiger partial charge in [-0.3, -0.25) is 0 Å². The van der Waals surface area contributed by atoms with Crippen LogP contribution in [-0.2, 0) is 5.41 Å². The Morgan fingerprint density at radius 2 is 1.12 bits per heavy atom. The van der Waals surface area contributed by atoms with E-state index < -0.39 is 0 Å². The number of hydrogen-bond acceptors (Lipinski definition) is 2. The molecule has 2 heteroatoms. The second-order valence-electron chi connectivity index (χ2n) is 8.05. The average molecular weight is 319 g/mol. The van der Waals surface area contributed by atoms with Crippen LogP contribution in [0.2, 0.25) is 0 Å². The van der Waals surface area contributed by atoms with Crippen LogP contribution in [0.5, 0.6) is 11.5 Å². The smallest absolute Gasteiger partial charge is 0.115 e. The molecular weight excluding hydrogens is 296 g/mol. The van der Waals surface area contributed by atoms with Gasteiger partial charge in [0.2, 0.25) is 0 Å². The van der Waals surface area contributed by atoms with Crippen molar-refractivity contribution >= 4 is 0 Å². The second kappa shape index (κ2) is 5.02. The van der Waals surface area contributed by atoms with E-state index in [2.05, 4.69) is 24.3 Å². The molecule has 4 aliphatic carbocycles. The summed E-state index contributed by atoms with van der Waals surface area (Å²) in [4.78, 5) is 0. The number of aromatic hydroxyl groups is 2. The van der Waals surface area contributed by atoms with Crippen molar-refractivity contribution in [3.05, 3.63) is 65.6 Å². The van der Waals surface area contributed by atoms with Crippen molar-refractivity contribution in [2.75, 3.05) is 0 Å². The molecule has 2 atom stereocenters. The number of phenolic OH excluding ortho intramolecular Hbond substituents is 2. The van der Waals surface area contributed by atoms with Crippen molar-refractivity contribution < 1.29 is 10.2 Å². The van der Waals surface area contributed by atoms with E-state index in [-0.39, 0.29) is 5.41 Å². The molecule has 0 saturated heterocycles. The Balaban J connectivity index is 1.72. The number of rotatable bonds is 2. The summed E-state index contributed by atoms with van der Waals surface area (Å²) < 4.78 is 0. The topological polar surface area (TPSA) is 40.5 Å². The molecule has 0 heterocycles. The van der Waals surface area contributed by atoms with Gasteiger partial charge in [0.15, 0.2) is 0 Å². The molecule has 1 radical (unpaired) electrons. The summed E-state index contributed by atoms with van der Waals surface area (Å²) in [6, 6.07) is 15.7. The van der Waals surface area contributed by atoms with Gasteiger partial charge in [0, 0.05) is 5.41 Å². The normalized spacial score (nSPS) is 30.6. The standard InChI is InChI=1S/C22H23O2/c23-20-5-1-16(2-6-20)22(17-3-7-21(24)8-4-17)18-10-14-9-15(12-18)13-19(22)11-14/h1-8,14-15,18,23-24H,9-13H2. The van der Waals surface area contributed by atoms with Crippen molar-refractivity contribution in [1.29, 1.82) is 0 Å². The molecule has 0 aromatic heterocycles. The van der Waals surface area contributed by atoms with Crippen molar-refractivity contribution in [3.8, 4) is 11.5 Å². The first-order chi connectivity index (χ1) is 11.7. The fourth-order valence-corrected chi connectivity index (χ4v) is 6.14. The van der Waals surface area contributed by atoms with Crippen LogP contribution < -0.4 is 0 Å². The maximum absolute atomic E-state index is 9.76. The van der Waals surface area contributed by atoms with Crippen molar-refractivity contribution in [3.63, 3.8) is 0 Å². The zero-order valence-corrected chi connectivity index (χ0v) is 13.8. The Morgan fingerprint density at radius 3 is 1.54 bits per heavy atom. The van der Waals surface area contributed by atoms with Crippen LogP contribution in [-0.4, -0.2) is 10.2 Å². The number of phenols is 2. The van der Waals surface area contributed by atoms with Crippen LogP contribution in [0.25, 0.3) is 0 Å². The average Bonchev–Trinajstić information content (AvgIpc) is 2.57. The van der Waals surface area contributed by atoms with E-state index in [1.807, 2.05) is 24.3 Å². The van der Waals surface area contributed by atoms with Crippen molar-refractivity contribution in [2.45, 2.75) is 37.5 Å². The van der Waals surface area contributed by atoms with E-state index in [1.54, 1.807) is 5.92 Å². The highest BCUT2D eigenvalue weighted by Gasteiger charge is 2.58. The summed E-state index contributed by atoms with van der Waals surface area (Å²) in [5.41, 5.74) is 2.59. The molecule has 4 fully saturated rings. The molecule has 2 aromatic rings. The fraction of sp³-hybridized carbons (Fsp3) is 0.409. The first kappa shape index (κ1) is 14.4. The van der Waals surface area contributed by atoms with Crippen LogP contribution in [0, 0.1) is 23.7 Å². The van der Waals surface area contributed by atoms with Gasteiger partial charge in [-0.15, -0.1) is 0 Å². The quantitative estimate of drug-likeness (QED) is 0.835. The Bertz CT molecular complexity index is 669. The minimum absolute atomic E-state index is 0.0329. The van der Waals surface area contributed by atoms with Crippen LogP contribution in [0.1, 0.15) is 43.2 Å². The zero-order chi connectivity index (χ0) is 16.3. The molecule has 0 aliphatic heterocycles. The lowest BCUT2D eigenvalue weighted by molar-refractivity contribution is 0.0373. The maximum Gasteiger partial charge on any atom is 0.115 e. The molecule has 2 nitrogen and oxygen atoms in total. The Morgan fingerprint density at radius 1 is 0.667 bits per heavy atom. The van der Waals surface area contributed by atoms with E-state index in [4.69, 9.17) is 0 Å². The molecule has 2 aromatic carbocycles. The largest absolute Gasteiger partial charge is 0.508 e. The first-order valence-electron chi connectivity index (χ1n) is 9.10. The van der Waals surface area contributed by atoms with Crippen LogP contribution in [0.4, 0.5) is 0 Å². The molecule has 0 spiro atoms. The van der Waals surface area contributed by atoms with Gasteiger partial charge in [-0.25, -0.2) is 0 Å². The van der Waals surface area contributed by atoms with Gasteiger partial charge >= 0.3 is 0 Å². The number of hydrogen-bond donors (Lipinski definition) is 2. The van der Waals surface area contributed by atoms with E-state index in [1.165, 1.54) is 43.2 Å². The minimum Gasteiger partial charge on any atom is -0.508 e. The van der Waals surface area contributed by atoms with Crippen molar-refractivity contribution in [1.82, 2.24) is 0 Å². The van der Waals surface area contributed by atoms with Gasteiger partial charge in [0.25, 0.3) is 0 Å². The summed E-state index contributed by atoms with van der Waals surface area (Å²) >= 11 is 0. The van der Waals surface area contributed by atoms with E-state index >= 15 is 0 Å². The predicted molar refractivity (Wildman–Crippen MR) is 93.8 cm³/mol. The molecule has 4 saturated carbocycles. The Hall–Kier alpha value is -1.96. The first-order valence-corrected chi connectivity index (χ1v) is 9.10. The molecule has 2 unspecified atom stereocenters. The van der Waals surface area contributed by atoms with Gasteiger partial charge in [-0.1, -0.05) is 24.3 Å². The predicted octanol–water partition coefficient (Wildman–Crippen LogP) is 4.80. The minimum atomic E-state index is -0.0329. The van der Waals surface area contributed by atoms with Gasteiger partial charge in [0.1, 0.15) is 11.5 Å². The fourth-order valence-electron chi connectivity index (χ4n) is 6.14. The summed E-state index contributed by atoms with van der Waals surface area (Å²) in [5, 5.41) is 19.5. The lowest BCUT2D eigenvalue weighted by Crippen LogP contribution is -2.55. The molecule has 2 N–H and O–H groups in total. The second-order valence-corrected chi connectivity index (χ2v) is 8.05. The molecular formula is C22H23O2. The van der Waals surface area contributed by atoms with Crippen molar-refractivity contribution in [2.24, 2.45) is 17.8 Å². The molecule has 4 aliphatic rings. The van der Waals surface area contributed by atoms with Gasteiger partial charge < -0.3 is 10.2 Å². The van der Waals surface area contributed by atoms with Gasteiger partial charge in [0.05, 0.1) is 0 Å². The highest BCUT2D eigenvalue weighted by atomic mass is 16.3. The third-order valence-electron chi connectivity index (χ3n) is 6.79. The zero-order valence-electron chi connectivity index (χ0n) is 13.8. The Kier molecular flexibility index (Phi) is 3.01. The lowest BCUT2D eigenvalue weighted by atomic mass is 9.42. The van der Waals surface area contributed by atoms with Gasteiger partial charge in [-0.05, 0) is 91.2 Å². The van der Waals surface area contributed by atoms with Crippen LogP contribution in [0.15, 0.2) is 48.5 Å². The monoisotopic (exact) mass is 319 g/mol. The lowest BCUT2D eigenvalue weighted by Gasteiger charge is -2.61. The maximum atomic E-state index is 9.76. The molecule has 123 valence electrons. The molecule has 6 rings (SSSR count). The van der Waals surface area contributed by atoms with E-state index in [0.29, 0.717) is 17.4 Å². The summed E-state index contributed by atoms with van der Waals surface area (Å²) in [6.45, 7) is 0. The summed E-state index contributed by atoms with van der Waals surface area (Å²) in [5.74, 6) is 4.73. The Labute approximate surface area is 143 Å². The number of benzene rings is 2. The van der Waals surface area contributed by atoms with E-state index in [0.717, 1.165) is 11.8 Å². The summed E-state index contributed by atoms with van der Waals surface area (Å²) in [6.07, 6.45) is 6.52. The highest BCUT2D eigenvalue weighted by molar-refractivity contribution is 5.52. The highest BCUT2D eigenvalue weighted by Crippen LogP contribution is 2.66. The molecule has 4 bridgehead atoms. The molecule has 24 heavy (non-hydrogen) atoms. The SMILES string of the molecule is Oc1ccc(C2(c3ccc(O)cc3)[C]3CC4CC(C3)CC2C4)cc1.